The Morgan fingerprint density at radius 2 is 2.50 bits per heavy atom. The van der Waals surface area contributed by atoms with Gasteiger partial charge < -0.3 is 4.98 Å². The van der Waals surface area contributed by atoms with Crippen molar-refractivity contribution in [2.24, 2.45) is 5.84 Å². The van der Waals surface area contributed by atoms with E-state index in [1.807, 2.05) is 23.7 Å². The molecule has 4 nitrogen and oxygen atoms in total. The molecule has 0 amide bonds. The second-order valence-corrected chi connectivity index (χ2v) is 3.12. The van der Waals surface area contributed by atoms with Gasteiger partial charge in [-0.3, -0.25) is 5.43 Å². The molecule has 2 heterocycles. The quantitative estimate of drug-likeness (QED) is 0.483. The van der Waals surface area contributed by atoms with Crippen molar-refractivity contribution in [3.63, 3.8) is 0 Å². The minimum Gasteiger partial charge on any atom is -0.360 e. The van der Waals surface area contributed by atoms with Crippen LogP contribution in [0.3, 0.4) is 0 Å². The standard InChI is InChI=1S/C7H8N4S/c8-11-7-10-6(4-12-7)5-2-1-3-9-5/h1-4,9H,8H2,(H,10,11). The zero-order valence-corrected chi connectivity index (χ0v) is 7.06. The largest absolute Gasteiger partial charge is 0.360 e. The summed E-state index contributed by atoms with van der Waals surface area (Å²) >= 11 is 1.48. The summed E-state index contributed by atoms with van der Waals surface area (Å²) in [6.07, 6.45) is 1.87. The van der Waals surface area contributed by atoms with E-state index in [2.05, 4.69) is 15.4 Å². The van der Waals surface area contributed by atoms with Gasteiger partial charge in [0.2, 0.25) is 0 Å². The molecule has 2 aromatic rings. The molecule has 0 saturated heterocycles. The number of aromatic amines is 1. The maximum Gasteiger partial charge on any atom is 0.197 e. The summed E-state index contributed by atoms with van der Waals surface area (Å²) in [5.41, 5.74) is 4.42. The SMILES string of the molecule is NNc1nc(-c2ccc[nH]2)cs1. The first-order valence-electron chi connectivity index (χ1n) is 3.46. The van der Waals surface area contributed by atoms with E-state index in [1.54, 1.807) is 0 Å². The van der Waals surface area contributed by atoms with Crippen LogP contribution >= 0.6 is 11.3 Å². The maximum atomic E-state index is 5.20. The molecule has 0 radical (unpaired) electrons. The Bertz CT molecular complexity index is 351. The minimum atomic E-state index is 0.722. The monoisotopic (exact) mass is 180 g/mol. The minimum absolute atomic E-state index is 0.722. The lowest BCUT2D eigenvalue weighted by Gasteiger charge is -1.89. The highest BCUT2D eigenvalue weighted by molar-refractivity contribution is 7.14. The van der Waals surface area contributed by atoms with Crippen LogP contribution in [0.25, 0.3) is 11.4 Å². The molecule has 0 atom stereocenters. The van der Waals surface area contributed by atoms with Crippen molar-refractivity contribution >= 4 is 16.5 Å². The molecule has 0 bridgehead atoms. The lowest BCUT2D eigenvalue weighted by molar-refractivity contribution is 1.27. The number of nitrogen functional groups attached to an aromatic ring is 1. The van der Waals surface area contributed by atoms with Crippen LogP contribution in [-0.4, -0.2) is 9.97 Å². The van der Waals surface area contributed by atoms with Crippen LogP contribution in [0.4, 0.5) is 5.13 Å². The molecule has 0 spiro atoms. The number of nitrogens with one attached hydrogen (secondary N) is 2. The van der Waals surface area contributed by atoms with E-state index in [4.69, 9.17) is 5.84 Å². The summed E-state index contributed by atoms with van der Waals surface area (Å²) in [4.78, 5) is 7.29. The topological polar surface area (TPSA) is 66.7 Å². The van der Waals surface area contributed by atoms with Gasteiger partial charge in [0.25, 0.3) is 0 Å². The van der Waals surface area contributed by atoms with Crippen LogP contribution in [-0.2, 0) is 0 Å². The van der Waals surface area contributed by atoms with Crippen molar-refractivity contribution in [1.82, 2.24) is 9.97 Å². The van der Waals surface area contributed by atoms with Crippen LogP contribution in [0, 0.1) is 0 Å². The Morgan fingerprint density at radius 3 is 3.08 bits per heavy atom. The molecule has 2 aromatic heterocycles. The second kappa shape index (κ2) is 2.96. The number of anilines is 1. The van der Waals surface area contributed by atoms with Gasteiger partial charge in [-0.2, -0.15) is 0 Å². The molecule has 4 N–H and O–H groups in total. The molecule has 5 heteroatoms. The Hall–Kier alpha value is -1.33. The number of aromatic nitrogens is 2. The van der Waals surface area contributed by atoms with Crippen molar-refractivity contribution in [3.8, 4) is 11.4 Å². The highest BCUT2D eigenvalue weighted by atomic mass is 32.1. The lowest BCUT2D eigenvalue weighted by atomic mass is 10.3. The first kappa shape index (κ1) is 7.33. The number of hydrogen-bond donors (Lipinski definition) is 3. The summed E-state index contributed by atoms with van der Waals surface area (Å²) in [5.74, 6) is 5.20. The lowest BCUT2D eigenvalue weighted by Crippen LogP contribution is -2.05. The highest BCUT2D eigenvalue weighted by Crippen LogP contribution is 2.22. The number of hydrazine groups is 1. The zero-order valence-electron chi connectivity index (χ0n) is 6.24. The van der Waals surface area contributed by atoms with E-state index in [1.165, 1.54) is 11.3 Å². The fourth-order valence-electron chi connectivity index (χ4n) is 0.953. The van der Waals surface area contributed by atoms with Crippen molar-refractivity contribution in [2.75, 3.05) is 5.43 Å². The van der Waals surface area contributed by atoms with Gasteiger partial charge in [0.05, 0.1) is 11.4 Å². The van der Waals surface area contributed by atoms with E-state index < -0.39 is 0 Å². The number of nitrogens with two attached hydrogens (primary N) is 1. The smallest absolute Gasteiger partial charge is 0.197 e. The fourth-order valence-corrected chi connectivity index (χ4v) is 1.58. The van der Waals surface area contributed by atoms with Crippen molar-refractivity contribution in [1.29, 1.82) is 0 Å². The normalized spacial score (nSPS) is 10.1. The van der Waals surface area contributed by atoms with Gasteiger partial charge in [-0.1, -0.05) is 0 Å². The molecule has 0 aliphatic heterocycles. The Morgan fingerprint density at radius 1 is 1.58 bits per heavy atom. The molecule has 62 valence electrons. The van der Waals surface area contributed by atoms with Crippen molar-refractivity contribution in [2.45, 2.75) is 0 Å². The molecular formula is C7H8N4S. The molecule has 12 heavy (non-hydrogen) atoms. The van der Waals surface area contributed by atoms with Crippen LogP contribution < -0.4 is 11.3 Å². The molecule has 0 fully saturated rings. The number of hydrogen-bond acceptors (Lipinski definition) is 4. The molecule has 0 aliphatic rings. The third kappa shape index (κ3) is 1.19. The fraction of sp³-hybridized carbons (Fsp3) is 0. The van der Waals surface area contributed by atoms with E-state index in [-0.39, 0.29) is 0 Å². The van der Waals surface area contributed by atoms with Crippen LogP contribution in [0.2, 0.25) is 0 Å². The summed E-state index contributed by atoms with van der Waals surface area (Å²) in [7, 11) is 0. The van der Waals surface area contributed by atoms with Gasteiger partial charge in [-0.25, -0.2) is 10.8 Å². The average molecular weight is 180 g/mol. The molecule has 0 saturated carbocycles. The first-order chi connectivity index (χ1) is 5.90. The van der Waals surface area contributed by atoms with Crippen molar-refractivity contribution < 1.29 is 0 Å². The maximum absolute atomic E-state index is 5.20. The Labute approximate surface area is 73.4 Å². The van der Waals surface area contributed by atoms with E-state index in [9.17, 15) is 0 Å². The third-order valence-corrected chi connectivity index (χ3v) is 2.28. The summed E-state index contributed by atoms with van der Waals surface area (Å²) < 4.78 is 0. The Balaban J connectivity index is 2.35. The van der Waals surface area contributed by atoms with Crippen LogP contribution in [0.15, 0.2) is 23.7 Å². The molecule has 0 aromatic carbocycles. The second-order valence-electron chi connectivity index (χ2n) is 2.27. The van der Waals surface area contributed by atoms with Gasteiger partial charge in [0.1, 0.15) is 0 Å². The average Bonchev–Trinajstić information content (AvgIpc) is 2.75. The van der Waals surface area contributed by atoms with E-state index in [0.29, 0.717) is 0 Å². The number of H-pyrrole nitrogens is 1. The molecular weight excluding hydrogens is 172 g/mol. The van der Waals surface area contributed by atoms with E-state index in [0.717, 1.165) is 16.5 Å². The Kier molecular flexibility index (Phi) is 1.81. The number of rotatable bonds is 2. The molecule has 0 aliphatic carbocycles. The van der Waals surface area contributed by atoms with E-state index >= 15 is 0 Å². The predicted molar refractivity (Wildman–Crippen MR) is 49.7 cm³/mol. The summed E-state index contributed by atoms with van der Waals surface area (Å²) in [6.45, 7) is 0. The third-order valence-electron chi connectivity index (χ3n) is 1.50. The van der Waals surface area contributed by atoms with Gasteiger partial charge in [-0.05, 0) is 12.1 Å². The van der Waals surface area contributed by atoms with Crippen molar-refractivity contribution in [3.05, 3.63) is 23.7 Å². The van der Waals surface area contributed by atoms with Gasteiger partial charge in [0.15, 0.2) is 5.13 Å². The zero-order chi connectivity index (χ0) is 8.39. The predicted octanol–water partition coefficient (Wildman–Crippen LogP) is 1.42. The van der Waals surface area contributed by atoms with Crippen LogP contribution in [0.5, 0.6) is 0 Å². The van der Waals surface area contributed by atoms with Gasteiger partial charge >= 0.3 is 0 Å². The number of nitrogens with zero attached hydrogens (tertiary/aromatic N) is 1. The summed E-state index contributed by atoms with van der Waals surface area (Å²) in [5, 5.41) is 2.67. The molecule has 0 unspecified atom stereocenters. The number of thiazole rings is 1. The highest BCUT2D eigenvalue weighted by Gasteiger charge is 2.02. The van der Waals surface area contributed by atoms with Gasteiger partial charge in [-0.15, -0.1) is 11.3 Å². The van der Waals surface area contributed by atoms with Crippen LogP contribution in [0.1, 0.15) is 0 Å². The molecule has 2 rings (SSSR count). The summed E-state index contributed by atoms with van der Waals surface area (Å²) in [6, 6.07) is 3.90. The van der Waals surface area contributed by atoms with Gasteiger partial charge in [0, 0.05) is 11.6 Å². The first-order valence-corrected chi connectivity index (χ1v) is 4.34.